The van der Waals surface area contributed by atoms with Crippen molar-refractivity contribution < 1.29 is 44.5 Å². The molecule has 3 spiro atoms. The van der Waals surface area contributed by atoms with E-state index in [0.717, 1.165) is 44.9 Å². The molecule has 9 nitrogen and oxygen atoms in total. The van der Waals surface area contributed by atoms with Crippen LogP contribution in [0.1, 0.15) is 99.8 Å². The number of aliphatic hydroxyl groups is 5. The molecule has 5 aliphatic carbocycles. The maximum Gasteiger partial charge on any atom is 0.199 e. The van der Waals surface area contributed by atoms with Crippen LogP contribution in [0.2, 0.25) is 0 Å². The van der Waals surface area contributed by atoms with Crippen LogP contribution in [0.25, 0.3) is 0 Å². The first kappa shape index (κ1) is 30.9. The molecule has 44 heavy (non-hydrogen) atoms. The van der Waals surface area contributed by atoms with E-state index >= 15 is 0 Å². The van der Waals surface area contributed by atoms with Crippen molar-refractivity contribution in [3.8, 4) is 0 Å². The van der Waals surface area contributed by atoms with E-state index in [2.05, 4.69) is 34.6 Å². The van der Waals surface area contributed by atoms with Gasteiger partial charge >= 0.3 is 0 Å². The van der Waals surface area contributed by atoms with Crippen LogP contribution in [0, 0.1) is 50.7 Å². The number of ether oxygens (including phenoxy) is 4. The molecule has 8 fully saturated rings. The van der Waals surface area contributed by atoms with Gasteiger partial charge in [0.2, 0.25) is 0 Å². The molecule has 2 bridgehead atoms. The monoisotopic (exact) mass is 620 g/mol. The summed E-state index contributed by atoms with van der Waals surface area (Å²) in [5.74, 6) is 0.108. The van der Waals surface area contributed by atoms with E-state index in [1.807, 2.05) is 0 Å². The molecule has 17 atom stereocenters. The first-order valence-corrected chi connectivity index (χ1v) is 17.5. The van der Waals surface area contributed by atoms with Gasteiger partial charge in [-0.1, -0.05) is 34.6 Å². The van der Waals surface area contributed by atoms with Crippen LogP contribution in [0.15, 0.2) is 0 Å². The van der Waals surface area contributed by atoms with Crippen LogP contribution in [-0.2, 0) is 18.9 Å². The van der Waals surface area contributed by atoms with Crippen molar-refractivity contribution in [3.05, 3.63) is 0 Å². The van der Waals surface area contributed by atoms with Gasteiger partial charge in [0.25, 0.3) is 0 Å². The van der Waals surface area contributed by atoms with Gasteiger partial charge in [-0.25, -0.2) is 0 Å². The number of fused-ring (bicyclic) bond motifs is 4. The normalized spacial score (nSPS) is 62.2. The zero-order chi connectivity index (χ0) is 31.6. The lowest BCUT2D eigenvalue weighted by Gasteiger charge is -2.63. The minimum atomic E-state index is -1.28. The van der Waals surface area contributed by atoms with Crippen molar-refractivity contribution in [1.82, 2.24) is 0 Å². The summed E-state index contributed by atoms with van der Waals surface area (Å²) >= 11 is 0. The molecule has 3 heterocycles. The van der Waals surface area contributed by atoms with Gasteiger partial charge < -0.3 is 44.5 Å². The minimum Gasteiger partial charge on any atom is -0.388 e. The predicted molar refractivity (Wildman–Crippen MR) is 159 cm³/mol. The number of hydrogen-bond donors (Lipinski definition) is 5. The minimum absolute atomic E-state index is 0.0559. The summed E-state index contributed by atoms with van der Waals surface area (Å²) in [6.45, 7) is 15.2. The van der Waals surface area contributed by atoms with E-state index < -0.39 is 48.2 Å². The van der Waals surface area contributed by atoms with Crippen LogP contribution in [0.5, 0.6) is 0 Å². The molecule has 0 aromatic rings. The lowest BCUT2D eigenvalue weighted by atomic mass is 9.41. The van der Waals surface area contributed by atoms with Gasteiger partial charge in [0.05, 0.1) is 24.4 Å². The molecule has 8 aliphatic rings. The standard InChI is InChI=1S/C35H56O9/c1-17-14-19-26(30(4,5)40)44-35(43-19)25(17)31(6)12-13-34-16-33(34)11-10-22(42-27-24(38)23(37)18(36)15-41-27)29(2,3)20(33)8-9-21(34)32(31,7)28(35)39/h17-28,36-40H,8-16H2,1-7H3/t17-,18-,19+,20+,21+,22+,23+,24-,25-,26+,27+,28-,31-,32-,33-,34+,35?/m1/s1. The summed E-state index contributed by atoms with van der Waals surface area (Å²) in [5.41, 5.74) is -1.39. The summed E-state index contributed by atoms with van der Waals surface area (Å²) in [7, 11) is 0. The van der Waals surface area contributed by atoms with Gasteiger partial charge in [-0.15, -0.1) is 0 Å². The molecule has 5 N–H and O–H groups in total. The van der Waals surface area contributed by atoms with Gasteiger partial charge in [0, 0.05) is 11.3 Å². The maximum absolute atomic E-state index is 12.7. The Bertz CT molecular complexity index is 1200. The zero-order valence-electron chi connectivity index (χ0n) is 27.7. The Balaban J connectivity index is 1.10. The highest BCUT2D eigenvalue weighted by Crippen LogP contribution is 2.90. The summed E-state index contributed by atoms with van der Waals surface area (Å²) in [4.78, 5) is 0. The molecule has 0 aromatic carbocycles. The van der Waals surface area contributed by atoms with E-state index in [1.165, 1.54) is 6.42 Å². The Labute approximate surface area is 262 Å². The maximum atomic E-state index is 12.7. The molecular formula is C35H56O9. The van der Waals surface area contributed by atoms with E-state index in [1.54, 1.807) is 13.8 Å². The van der Waals surface area contributed by atoms with Crippen LogP contribution >= 0.6 is 0 Å². The molecule has 0 amide bonds. The average Bonchev–Trinajstić information content (AvgIpc) is 3.45. The topological polar surface area (TPSA) is 138 Å². The lowest BCUT2D eigenvalue weighted by Crippen LogP contribution is -2.61. The molecule has 3 aliphatic heterocycles. The number of rotatable bonds is 3. The summed E-state index contributed by atoms with van der Waals surface area (Å²) in [6, 6.07) is 0. The van der Waals surface area contributed by atoms with E-state index in [9.17, 15) is 25.5 Å². The number of hydrogen-bond acceptors (Lipinski definition) is 9. The van der Waals surface area contributed by atoms with Crippen molar-refractivity contribution in [2.24, 2.45) is 50.7 Å². The summed E-state index contributed by atoms with van der Waals surface area (Å²) < 4.78 is 25.8. The molecule has 3 saturated heterocycles. The molecular weight excluding hydrogens is 564 g/mol. The van der Waals surface area contributed by atoms with Crippen molar-refractivity contribution in [3.63, 3.8) is 0 Å². The first-order chi connectivity index (χ1) is 20.4. The van der Waals surface area contributed by atoms with Crippen molar-refractivity contribution in [2.45, 2.75) is 160 Å². The third-order valence-electron chi connectivity index (χ3n) is 15.9. The predicted octanol–water partition coefficient (Wildman–Crippen LogP) is 3.12. The quantitative estimate of drug-likeness (QED) is 0.301. The van der Waals surface area contributed by atoms with Crippen LogP contribution < -0.4 is 0 Å². The smallest absolute Gasteiger partial charge is 0.199 e. The Morgan fingerprint density at radius 1 is 0.841 bits per heavy atom. The van der Waals surface area contributed by atoms with Gasteiger partial charge in [-0.2, -0.15) is 0 Å². The highest BCUT2D eigenvalue weighted by Gasteiger charge is 2.88. The van der Waals surface area contributed by atoms with Crippen LogP contribution in [-0.4, -0.2) is 92.5 Å². The van der Waals surface area contributed by atoms with E-state index in [0.29, 0.717) is 17.8 Å². The second-order valence-corrected chi connectivity index (χ2v) is 18.3. The highest BCUT2D eigenvalue weighted by molar-refractivity contribution is 5.34. The molecule has 8 rings (SSSR count). The second kappa shape index (κ2) is 9.00. The third kappa shape index (κ3) is 3.38. The Hall–Kier alpha value is -0.360. The number of aliphatic hydroxyl groups excluding tert-OH is 4. The van der Waals surface area contributed by atoms with E-state index in [4.69, 9.17) is 18.9 Å². The third-order valence-corrected chi connectivity index (χ3v) is 15.9. The largest absolute Gasteiger partial charge is 0.388 e. The molecule has 5 saturated carbocycles. The van der Waals surface area contributed by atoms with Gasteiger partial charge in [-0.05, 0) is 105 Å². The lowest BCUT2D eigenvalue weighted by molar-refractivity contribution is -0.303. The Morgan fingerprint density at radius 2 is 1.52 bits per heavy atom. The van der Waals surface area contributed by atoms with Crippen LogP contribution in [0.4, 0.5) is 0 Å². The van der Waals surface area contributed by atoms with Gasteiger partial charge in [-0.3, -0.25) is 0 Å². The first-order valence-electron chi connectivity index (χ1n) is 17.5. The fourth-order valence-corrected chi connectivity index (χ4v) is 14.0. The molecule has 0 radical (unpaired) electrons. The summed E-state index contributed by atoms with van der Waals surface area (Å²) in [6.07, 6.45) is 2.00. The highest BCUT2D eigenvalue weighted by atomic mass is 16.8. The second-order valence-electron chi connectivity index (χ2n) is 18.3. The Morgan fingerprint density at radius 3 is 2.23 bits per heavy atom. The van der Waals surface area contributed by atoms with Gasteiger partial charge in [0.15, 0.2) is 12.1 Å². The van der Waals surface area contributed by atoms with Crippen molar-refractivity contribution in [1.29, 1.82) is 0 Å². The van der Waals surface area contributed by atoms with Gasteiger partial charge in [0.1, 0.15) is 30.5 Å². The Kier molecular flexibility index (Phi) is 6.33. The molecule has 1 unspecified atom stereocenters. The average molecular weight is 621 g/mol. The fourth-order valence-electron chi connectivity index (χ4n) is 14.0. The van der Waals surface area contributed by atoms with Crippen LogP contribution in [0.3, 0.4) is 0 Å². The summed E-state index contributed by atoms with van der Waals surface area (Å²) in [5, 5.41) is 54.5. The van der Waals surface area contributed by atoms with Crippen molar-refractivity contribution >= 4 is 0 Å². The van der Waals surface area contributed by atoms with Crippen molar-refractivity contribution in [2.75, 3.05) is 6.61 Å². The fraction of sp³-hybridized carbons (Fsp3) is 1.00. The molecule has 250 valence electrons. The SMILES string of the molecule is C[C@@H]1C[C@@H]2OC3(O[C@@H]2C(C)(C)O)[C@H](O)[C@@]2(C)[C@@H]4CC[C@H]5C(C)(C)[C@@H](O[C@@H]6OC[C@@H](O)[C@H](O)[C@H]6O)CC[C@@]56C[C@@]46CC[C@]2(C)[C@@H]13. The van der Waals surface area contributed by atoms with E-state index in [-0.39, 0.29) is 51.8 Å². The molecule has 0 aromatic heterocycles. The zero-order valence-corrected chi connectivity index (χ0v) is 27.7. The molecule has 9 heteroatoms.